The Morgan fingerprint density at radius 1 is 1.15 bits per heavy atom. The van der Waals surface area contributed by atoms with E-state index < -0.39 is 28.2 Å². The number of nitrogens with zero attached hydrogens (tertiary/aromatic N) is 1. The molecule has 0 spiro atoms. The molecule has 3 aromatic rings. The zero-order valence-electron chi connectivity index (χ0n) is 17.3. The van der Waals surface area contributed by atoms with Gasteiger partial charge in [0.1, 0.15) is 5.58 Å². The Morgan fingerprint density at radius 3 is 2.64 bits per heavy atom. The minimum atomic E-state index is -5.12. The lowest BCUT2D eigenvalue weighted by molar-refractivity contribution is -0.212. The minimum Gasteiger partial charge on any atom is -0.464 e. The molecule has 0 bridgehead atoms. The largest absolute Gasteiger partial charge is 0.490 e. The molecule has 1 aliphatic heterocycles. The summed E-state index contributed by atoms with van der Waals surface area (Å²) >= 11 is 0. The zero-order chi connectivity index (χ0) is 23.6. The lowest BCUT2D eigenvalue weighted by atomic mass is 10.1. The van der Waals surface area contributed by atoms with Crippen LogP contribution in [0, 0.1) is 0 Å². The van der Waals surface area contributed by atoms with Gasteiger partial charge in [0.25, 0.3) is 0 Å². The Balaban J connectivity index is 1.70. The van der Waals surface area contributed by atoms with Crippen LogP contribution in [0.5, 0.6) is 0 Å². The Labute approximate surface area is 188 Å². The molecule has 1 saturated heterocycles. The maximum Gasteiger partial charge on any atom is 0.490 e. The lowest BCUT2D eigenvalue weighted by Gasteiger charge is -2.29. The predicted molar refractivity (Wildman–Crippen MR) is 112 cm³/mol. The molecular formula is C22H21F3N2O5S. The molecule has 1 aliphatic rings. The quantitative estimate of drug-likeness (QED) is 0.557. The van der Waals surface area contributed by atoms with Gasteiger partial charge in [-0.2, -0.15) is 13.2 Å². The Morgan fingerprint density at radius 2 is 1.91 bits per heavy atom. The molecule has 7 nitrogen and oxygen atoms in total. The van der Waals surface area contributed by atoms with Crippen molar-refractivity contribution in [2.24, 2.45) is 0 Å². The number of hydrogen-bond donors (Lipinski definition) is 1. The average Bonchev–Trinajstić information content (AvgIpc) is 3.16. The zero-order valence-corrected chi connectivity index (χ0v) is 18.2. The van der Waals surface area contributed by atoms with Crippen LogP contribution in [0.4, 0.5) is 13.2 Å². The molecule has 1 atom stereocenters. The molecule has 176 valence electrons. The maximum absolute atomic E-state index is 13.2. The SMILES string of the molecule is O=C(OC1CNCCCN1Cc1cc(S(=O)(=O)c2ccccc2)cc2ccoc12)C(F)(F)F. The minimum absolute atomic E-state index is 0.00508. The summed E-state index contributed by atoms with van der Waals surface area (Å²) < 4.78 is 74.9. The van der Waals surface area contributed by atoms with Crippen molar-refractivity contribution >= 4 is 26.8 Å². The van der Waals surface area contributed by atoms with Crippen LogP contribution >= 0.6 is 0 Å². The summed E-state index contributed by atoms with van der Waals surface area (Å²) in [6, 6.07) is 12.5. The predicted octanol–water partition coefficient (Wildman–Crippen LogP) is 3.49. The number of carbonyl (C=O) groups excluding carboxylic acids is 1. The molecule has 11 heteroatoms. The van der Waals surface area contributed by atoms with Gasteiger partial charge in [-0.05, 0) is 43.3 Å². The number of halogens is 3. The van der Waals surface area contributed by atoms with E-state index in [4.69, 9.17) is 9.15 Å². The number of hydrogen-bond acceptors (Lipinski definition) is 7. The second-order valence-corrected chi connectivity index (χ2v) is 9.57. The number of esters is 1. The number of furan rings is 1. The first-order valence-electron chi connectivity index (χ1n) is 10.2. The molecule has 0 radical (unpaired) electrons. The van der Waals surface area contributed by atoms with E-state index in [0.717, 1.165) is 0 Å². The number of sulfone groups is 1. The number of ether oxygens (including phenoxy) is 1. The topological polar surface area (TPSA) is 88.9 Å². The fourth-order valence-electron chi connectivity index (χ4n) is 3.75. The Bertz CT molecular complexity index is 1240. The van der Waals surface area contributed by atoms with Gasteiger partial charge in [-0.3, -0.25) is 4.90 Å². The summed E-state index contributed by atoms with van der Waals surface area (Å²) in [7, 11) is -3.84. The molecule has 0 amide bonds. The molecule has 2 aromatic carbocycles. The van der Waals surface area contributed by atoms with E-state index in [0.29, 0.717) is 36.0 Å². The summed E-state index contributed by atoms with van der Waals surface area (Å²) in [5.74, 6) is -2.27. The van der Waals surface area contributed by atoms with Gasteiger partial charge in [0.05, 0.1) is 16.1 Å². The third-order valence-corrected chi connectivity index (χ3v) is 7.09. The van der Waals surface area contributed by atoms with Gasteiger partial charge in [0, 0.05) is 30.6 Å². The molecule has 1 aromatic heterocycles. The normalized spacial score (nSPS) is 18.2. The van der Waals surface area contributed by atoms with Crippen LogP contribution in [0.1, 0.15) is 12.0 Å². The number of fused-ring (bicyclic) bond motifs is 1. The van der Waals surface area contributed by atoms with E-state index in [1.54, 1.807) is 29.2 Å². The summed E-state index contributed by atoms with van der Waals surface area (Å²) in [5.41, 5.74) is 0.877. The van der Waals surface area contributed by atoms with Crippen molar-refractivity contribution in [3.8, 4) is 0 Å². The fourth-order valence-corrected chi connectivity index (χ4v) is 5.11. The van der Waals surface area contributed by atoms with Crippen molar-refractivity contribution in [3.63, 3.8) is 0 Å². The lowest BCUT2D eigenvalue weighted by Crippen LogP contribution is -2.45. The molecular weight excluding hydrogens is 461 g/mol. The van der Waals surface area contributed by atoms with Gasteiger partial charge in [-0.1, -0.05) is 18.2 Å². The molecule has 1 unspecified atom stereocenters. The van der Waals surface area contributed by atoms with Crippen LogP contribution in [0.2, 0.25) is 0 Å². The van der Waals surface area contributed by atoms with E-state index in [9.17, 15) is 26.4 Å². The second kappa shape index (κ2) is 9.16. The summed E-state index contributed by atoms with van der Waals surface area (Å²) in [6.07, 6.45) is -4.28. The number of rotatable bonds is 5. The van der Waals surface area contributed by atoms with Crippen molar-refractivity contribution in [1.29, 1.82) is 0 Å². The van der Waals surface area contributed by atoms with Gasteiger partial charge in [-0.25, -0.2) is 13.2 Å². The van der Waals surface area contributed by atoms with Gasteiger partial charge in [0.15, 0.2) is 6.23 Å². The van der Waals surface area contributed by atoms with Crippen molar-refractivity contribution in [2.45, 2.75) is 35.2 Å². The molecule has 1 N–H and O–H groups in total. The number of nitrogens with one attached hydrogen (secondary N) is 1. The van der Waals surface area contributed by atoms with E-state index in [1.165, 1.54) is 30.5 Å². The first kappa shape index (κ1) is 23.3. The first-order chi connectivity index (χ1) is 15.7. The van der Waals surface area contributed by atoms with Crippen LogP contribution in [-0.4, -0.2) is 51.3 Å². The monoisotopic (exact) mass is 482 g/mol. The summed E-state index contributed by atoms with van der Waals surface area (Å²) in [5, 5.41) is 3.49. The smallest absolute Gasteiger partial charge is 0.464 e. The highest BCUT2D eigenvalue weighted by Gasteiger charge is 2.43. The maximum atomic E-state index is 13.2. The molecule has 33 heavy (non-hydrogen) atoms. The summed E-state index contributed by atoms with van der Waals surface area (Å²) in [6.45, 7) is 0.903. The molecule has 0 saturated carbocycles. The van der Waals surface area contributed by atoms with Crippen molar-refractivity contribution in [3.05, 3.63) is 60.4 Å². The third kappa shape index (κ3) is 5.05. The molecule has 4 rings (SSSR count). The van der Waals surface area contributed by atoms with Gasteiger partial charge in [-0.15, -0.1) is 0 Å². The molecule has 2 heterocycles. The van der Waals surface area contributed by atoms with Crippen LogP contribution in [-0.2, 0) is 25.9 Å². The highest BCUT2D eigenvalue weighted by atomic mass is 32.2. The first-order valence-corrected chi connectivity index (χ1v) is 11.7. The fraction of sp³-hybridized carbons (Fsp3) is 0.318. The highest BCUT2D eigenvalue weighted by molar-refractivity contribution is 7.91. The van der Waals surface area contributed by atoms with Gasteiger partial charge in [0.2, 0.25) is 9.84 Å². The second-order valence-electron chi connectivity index (χ2n) is 7.62. The Hall–Kier alpha value is -2.89. The number of alkyl halides is 3. The molecule has 0 aliphatic carbocycles. The van der Waals surface area contributed by atoms with Crippen molar-refractivity contribution < 1.29 is 35.5 Å². The van der Waals surface area contributed by atoms with Gasteiger partial charge < -0.3 is 14.5 Å². The van der Waals surface area contributed by atoms with E-state index in [1.807, 2.05) is 0 Å². The van der Waals surface area contributed by atoms with Crippen molar-refractivity contribution in [1.82, 2.24) is 10.2 Å². The standard InChI is InChI=1S/C22H21F3N2O5S/c23-22(24,25)21(28)32-19-13-26-8-4-9-27(19)14-16-12-18(11-15-7-10-31-20(15)16)33(29,30)17-5-2-1-3-6-17/h1-3,5-7,10-12,19,26H,4,8-9,13-14H2. The van der Waals surface area contributed by atoms with E-state index in [2.05, 4.69) is 5.32 Å². The van der Waals surface area contributed by atoms with Crippen LogP contribution < -0.4 is 5.32 Å². The van der Waals surface area contributed by atoms with Crippen LogP contribution in [0.3, 0.4) is 0 Å². The van der Waals surface area contributed by atoms with E-state index >= 15 is 0 Å². The highest BCUT2D eigenvalue weighted by Crippen LogP contribution is 2.30. The van der Waals surface area contributed by atoms with Gasteiger partial charge >= 0.3 is 12.1 Å². The van der Waals surface area contributed by atoms with Crippen LogP contribution in [0.25, 0.3) is 11.0 Å². The number of benzene rings is 2. The average molecular weight is 482 g/mol. The third-order valence-electron chi connectivity index (χ3n) is 5.34. The van der Waals surface area contributed by atoms with Crippen LogP contribution in [0.15, 0.2) is 69.0 Å². The van der Waals surface area contributed by atoms with Crippen molar-refractivity contribution in [2.75, 3.05) is 19.6 Å². The number of carbonyl (C=O) groups is 1. The Kier molecular flexibility index (Phi) is 6.46. The molecule has 1 fully saturated rings. The van der Waals surface area contributed by atoms with E-state index in [-0.39, 0.29) is 22.9 Å². The summed E-state index contributed by atoms with van der Waals surface area (Å²) in [4.78, 5) is 13.2.